The summed E-state index contributed by atoms with van der Waals surface area (Å²) in [7, 11) is 0. The number of nitrogens with zero attached hydrogens (tertiary/aromatic N) is 1. The van der Waals surface area contributed by atoms with Gasteiger partial charge in [-0.05, 0) is 31.2 Å². The van der Waals surface area contributed by atoms with Crippen molar-refractivity contribution in [3.05, 3.63) is 24.0 Å². The van der Waals surface area contributed by atoms with Crippen LogP contribution in [0.5, 0.6) is 0 Å². The van der Waals surface area contributed by atoms with Gasteiger partial charge < -0.3 is 11.1 Å². The highest BCUT2D eigenvalue weighted by atomic mass is 19.4. The largest absolute Gasteiger partial charge is 0.401 e. The van der Waals surface area contributed by atoms with Crippen molar-refractivity contribution in [2.75, 3.05) is 30.7 Å². The molecule has 0 bridgehead atoms. The second-order valence-corrected chi connectivity index (χ2v) is 4.61. The van der Waals surface area contributed by atoms with E-state index in [4.69, 9.17) is 5.73 Å². The molecule has 0 aliphatic heterocycles. The fourth-order valence-corrected chi connectivity index (χ4v) is 1.81. The van der Waals surface area contributed by atoms with Crippen molar-refractivity contribution in [2.45, 2.75) is 19.5 Å². The number of benzene rings is 1. The highest BCUT2D eigenvalue weighted by molar-refractivity contribution is 5.95. The van der Waals surface area contributed by atoms with Crippen LogP contribution in [0.3, 0.4) is 0 Å². The predicted molar refractivity (Wildman–Crippen MR) is 72.2 cm³/mol. The molecule has 3 N–H and O–H groups in total. The van der Waals surface area contributed by atoms with Crippen LogP contribution in [0.4, 0.5) is 28.9 Å². The molecule has 0 saturated carbocycles. The summed E-state index contributed by atoms with van der Waals surface area (Å²) in [5.74, 6) is -1.27. The maximum absolute atomic E-state index is 13.0. The zero-order valence-corrected chi connectivity index (χ0v) is 11.5. The topological polar surface area (TPSA) is 58.4 Å². The molecule has 0 aliphatic rings. The summed E-state index contributed by atoms with van der Waals surface area (Å²) < 4.78 is 50.2. The van der Waals surface area contributed by atoms with E-state index in [0.717, 1.165) is 17.0 Å². The van der Waals surface area contributed by atoms with E-state index in [0.29, 0.717) is 6.42 Å². The average molecular weight is 307 g/mol. The first-order valence-electron chi connectivity index (χ1n) is 6.35. The minimum atomic E-state index is -4.38. The highest BCUT2D eigenvalue weighted by Crippen LogP contribution is 2.20. The first-order valence-corrected chi connectivity index (χ1v) is 6.35. The highest BCUT2D eigenvalue weighted by Gasteiger charge is 2.31. The van der Waals surface area contributed by atoms with E-state index in [1.165, 1.54) is 6.07 Å². The second-order valence-electron chi connectivity index (χ2n) is 4.61. The molecule has 0 radical (unpaired) electrons. The van der Waals surface area contributed by atoms with E-state index >= 15 is 0 Å². The standard InChI is InChI=1S/C13H17F4N3O/c1-2-5-20(8-13(15,16)17)7-12(21)19-11-6-9(14)3-4-10(11)18/h3-4,6H,2,5,7-8,18H2,1H3,(H,19,21). The maximum Gasteiger partial charge on any atom is 0.401 e. The summed E-state index contributed by atoms with van der Waals surface area (Å²) in [6.45, 7) is 0.230. The molecular formula is C13H17F4N3O. The molecule has 1 aromatic rings. The van der Waals surface area contributed by atoms with Crippen LogP contribution in [0.1, 0.15) is 13.3 Å². The lowest BCUT2D eigenvalue weighted by Gasteiger charge is -2.22. The molecule has 0 aromatic heterocycles. The molecular weight excluding hydrogens is 290 g/mol. The number of nitrogens with two attached hydrogens (primary N) is 1. The fraction of sp³-hybridized carbons (Fsp3) is 0.462. The Morgan fingerprint density at radius 3 is 2.62 bits per heavy atom. The Hall–Kier alpha value is -1.83. The Morgan fingerprint density at radius 1 is 1.38 bits per heavy atom. The van der Waals surface area contributed by atoms with E-state index in [1.54, 1.807) is 6.92 Å². The van der Waals surface area contributed by atoms with Gasteiger partial charge in [-0.15, -0.1) is 0 Å². The van der Waals surface area contributed by atoms with Gasteiger partial charge in [0, 0.05) is 0 Å². The first kappa shape index (κ1) is 17.2. The lowest BCUT2D eigenvalue weighted by atomic mass is 10.2. The van der Waals surface area contributed by atoms with Crippen molar-refractivity contribution in [1.82, 2.24) is 4.90 Å². The Morgan fingerprint density at radius 2 is 2.05 bits per heavy atom. The van der Waals surface area contributed by atoms with E-state index in [-0.39, 0.29) is 17.9 Å². The van der Waals surface area contributed by atoms with Gasteiger partial charge in [0.25, 0.3) is 0 Å². The van der Waals surface area contributed by atoms with Crippen LogP contribution in [-0.2, 0) is 4.79 Å². The number of hydrogen-bond donors (Lipinski definition) is 2. The van der Waals surface area contributed by atoms with Crippen molar-refractivity contribution in [3.8, 4) is 0 Å². The van der Waals surface area contributed by atoms with Crippen LogP contribution in [0, 0.1) is 5.82 Å². The molecule has 0 spiro atoms. The third-order valence-electron chi connectivity index (χ3n) is 2.60. The minimum absolute atomic E-state index is 0.0449. The van der Waals surface area contributed by atoms with Crippen molar-refractivity contribution >= 4 is 17.3 Å². The van der Waals surface area contributed by atoms with E-state index in [2.05, 4.69) is 5.32 Å². The average Bonchev–Trinajstić information content (AvgIpc) is 2.32. The van der Waals surface area contributed by atoms with Gasteiger partial charge in [-0.1, -0.05) is 6.92 Å². The zero-order valence-electron chi connectivity index (χ0n) is 11.5. The van der Waals surface area contributed by atoms with E-state index in [1.807, 2.05) is 0 Å². The van der Waals surface area contributed by atoms with Crippen molar-refractivity contribution in [3.63, 3.8) is 0 Å². The molecule has 0 unspecified atom stereocenters. The van der Waals surface area contributed by atoms with Crippen LogP contribution in [0.25, 0.3) is 0 Å². The molecule has 8 heteroatoms. The number of anilines is 2. The molecule has 21 heavy (non-hydrogen) atoms. The van der Waals surface area contributed by atoms with Gasteiger partial charge in [-0.2, -0.15) is 13.2 Å². The normalized spacial score (nSPS) is 11.7. The summed E-state index contributed by atoms with van der Waals surface area (Å²) in [5.41, 5.74) is 5.74. The summed E-state index contributed by atoms with van der Waals surface area (Å²) in [4.78, 5) is 12.7. The smallest absolute Gasteiger partial charge is 0.397 e. The van der Waals surface area contributed by atoms with Crippen LogP contribution >= 0.6 is 0 Å². The number of nitrogens with one attached hydrogen (secondary N) is 1. The third kappa shape index (κ3) is 6.44. The Labute approximate surface area is 119 Å². The van der Waals surface area contributed by atoms with Crippen LogP contribution in [0.15, 0.2) is 18.2 Å². The quantitative estimate of drug-likeness (QED) is 0.627. The Kier molecular flexibility index (Phi) is 5.95. The fourth-order valence-electron chi connectivity index (χ4n) is 1.81. The number of amides is 1. The van der Waals surface area contributed by atoms with E-state index < -0.39 is 31.0 Å². The van der Waals surface area contributed by atoms with Gasteiger partial charge in [-0.3, -0.25) is 9.69 Å². The molecule has 118 valence electrons. The summed E-state index contributed by atoms with van der Waals surface area (Å²) in [6, 6.07) is 3.41. The van der Waals surface area contributed by atoms with Gasteiger partial charge in [0.05, 0.1) is 24.5 Å². The molecule has 0 atom stereocenters. The molecule has 0 saturated heterocycles. The number of rotatable bonds is 6. The lowest BCUT2D eigenvalue weighted by molar-refractivity contribution is -0.147. The third-order valence-corrected chi connectivity index (χ3v) is 2.60. The summed E-state index contributed by atoms with van der Waals surface area (Å²) in [5, 5.41) is 2.31. The maximum atomic E-state index is 13.0. The van der Waals surface area contributed by atoms with Crippen molar-refractivity contribution < 1.29 is 22.4 Å². The minimum Gasteiger partial charge on any atom is -0.397 e. The van der Waals surface area contributed by atoms with Gasteiger partial charge in [0.2, 0.25) is 5.91 Å². The number of carbonyl (C=O) groups is 1. The summed E-state index contributed by atoms with van der Waals surface area (Å²) in [6.07, 6.45) is -3.90. The predicted octanol–water partition coefficient (Wildman–Crippen LogP) is 2.62. The number of nitrogen functional groups attached to an aromatic ring is 1. The Bertz CT molecular complexity index is 491. The molecule has 1 amide bonds. The molecule has 0 fully saturated rings. The lowest BCUT2D eigenvalue weighted by Crippen LogP contribution is -2.40. The number of carbonyl (C=O) groups excluding carboxylic acids is 1. The second kappa shape index (κ2) is 7.26. The number of halogens is 4. The monoisotopic (exact) mass is 307 g/mol. The number of hydrogen-bond acceptors (Lipinski definition) is 3. The summed E-state index contributed by atoms with van der Waals surface area (Å²) >= 11 is 0. The van der Waals surface area contributed by atoms with Gasteiger partial charge in [0.15, 0.2) is 0 Å². The zero-order chi connectivity index (χ0) is 16.0. The first-order chi connectivity index (χ1) is 9.71. The number of alkyl halides is 3. The SMILES string of the molecule is CCCN(CC(=O)Nc1cc(F)ccc1N)CC(F)(F)F. The van der Waals surface area contributed by atoms with Gasteiger partial charge >= 0.3 is 6.18 Å². The van der Waals surface area contributed by atoms with Crippen LogP contribution < -0.4 is 11.1 Å². The van der Waals surface area contributed by atoms with Crippen molar-refractivity contribution in [1.29, 1.82) is 0 Å². The Balaban J connectivity index is 2.67. The van der Waals surface area contributed by atoms with Crippen molar-refractivity contribution in [2.24, 2.45) is 0 Å². The van der Waals surface area contributed by atoms with Crippen LogP contribution in [0.2, 0.25) is 0 Å². The van der Waals surface area contributed by atoms with Gasteiger partial charge in [0.1, 0.15) is 5.82 Å². The molecule has 1 aromatic carbocycles. The molecule has 0 heterocycles. The van der Waals surface area contributed by atoms with Crippen LogP contribution in [-0.4, -0.2) is 36.6 Å². The van der Waals surface area contributed by atoms with E-state index in [9.17, 15) is 22.4 Å². The molecule has 0 aliphatic carbocycles. The molecule has 1 rings (SSSR count). The van der Waals surface area contributed by atoms with Gasteiger partial charge in [-0.25, -0.2) is 4.39 Å². The molecule has 4 nitrogen and oxygen atoms in total.